The molecule has 0 spiro atoms. The highest BCUT2D eigenvalue weighted by Gasteiger charge is 2.32. The van der Waals surface area contributed by atoms with E-state index in [2.05, 4.69) is 6.92 Å². The molecule has 0 bridgehead atoms. The average Bonchev–Trinajstić information content (AvgIpc) is 3.28. The monoisotopic (exact) mass is 471 g/mol. The molecule has 0 N–H and O–H groups in total. The Balaban J connectivity index is 1.45. The van der Waals surface area contributed by atoms with E-state index in [1.165, 1.54) is 16.9 Å². The molecule has 0 aliphatic carbocycles. The fraction of sp³-hybridized carbons (Fsp3) is 0.222. The second kappa shape index (κ2) is 9.27. The minimum Gasteiger partial charge on any atom is -0.479 e. The van der Waals surface area contributed by atoms with Crippen molar-refractivity contribution < 1.29 is 14.3 Å². The second-order valence-electron chi connectivity index (χ2n) is 8.18. The molecule has 172 valence electrons. The van der Waals surface area contributed by atoms with Crippen molar-refractivity contribution in [2.75, 3.05) is 16.3 Å². The third-order valence-electron chi connectivity index (χ3n) is 5.95. The molecule has 0 saturated heterocycles. The summed E-state index contributed by atoms with van der Waals surface area (Å²) in [7, 11) is 0. The smallest absolute Gasteiger partial charge is 0.267 e. The summed E-state index contributed by atoms with van der Waals surface area (Å²) >= 11 is 1.48. The Morgan fingerprint density at radius 3 is 2.56 bits per heavy atom. The Labute approximate surface area is 202 Å². The number of anilines is 3. The Morgan fingerprint density at radius 2 is 1.79 bits per heavy atom. The van der Waals surface area contributed by atoms with E-state index in [9.17, 15) is 9.59 Å². The molecular formula is C27H25N3O3S. The van der Waals surface area contributed by atoms with E-state index in [0.29, 0.717) is 16.6 Å². The summed E-state index contributed by atoms with van der Waals surface area (Å²) in [4.78, 5) is 34.6. The number of hydrogen-bond acceptors (Lipinski definition) is 5. The molecule has 0 radical (unpaired) electrons. The molecule has 1 aliphatic rings. The number of carbonyl (C=O) groups excluding carboxylic acids is 2. The summed E-state index contributed by atoms with van der Waals surface area (Å²) in [6.07, 6.45) is 0.483. The minimum absolute atomic E-state index is 0.118. The van der Waals surface area contributed by atoms with Crippen LogP contribution < -0.4 is 14.5 Å². The van der Waals surface area contributed by atoms with Gasteiger partial charge in [-0.15, -0.1) is 0 Å². The van der Waals surface area contributed by atoms with Crippen molar-refractivity contribution in [3.63, 3.8) is 0 Å². The molecule has 0 fully saturated rings. The van der Waals surface area contributed by atoms with Gasteiger partial charge in [-0.2, -0.15) is 0 Å². The van der Waals surface area contributed by atoms with Crippen molar-refractivity contribution >= 4 is 49.9 Å². The maximum absolute atomic E-state index is 13.6. The molecule has 0 saturated carbocycles. The summed E-state index contributed by atoms with van der Waals surface area (Å²) in [5.74, 6) is 0.387. The molecule has 2 heterocycles. The van der Waals surface area contributed by atoms with Crippen molar-refractivity contribution in [1.29, 1.82) is 0 Å². The van der Waals surface area contributed by atoms with Crippen LogP contribution >= 0.6 is 11.3 Å². The number of amides is 2. The van der Waals surface area contributed by atoms with Gasteiger partial charge in [0.1, 0.15) is 5.75 Å². The van der Waals surface area contributed by atoms with Crippen LogP contribution in [-0.4, -0.2) is 29.4 Å². The lowest BCUT2D eigenvalue weighted by Crippen LogP contribution is -2.45. The molecule has 5 rings (SSSR count). The zero-order valence-electron chi connectivity index (χ0n) is 19.1. The Bertz CT molecular complexity index is 1320. The third-order valence-corrected chi connectivity index (χ3v) is 6.97. The highest BCUT2D eigenvalue weighted by Crippen LogP contribution is 2.36. The van der Waals surface area contributed by atoms with Gasteiger partial charge in [0.25, 0.3) is 5.91 Å². The highest BCUT2D eigenvalue weighted by atomic mass is 32.1. The van der Waals surface area contributed by atoms with Gasteiger partial charge in [-0.3, -0.25) is 14.5 Å². The van der Waals surface area contributed by atoms with Crippen LogP contribution in [0.4, 0.5) is 16.5 Å². The summed E-state index contributed by atoms with van der Waals surface area (Å²) < 4.78 is 6.75. The minimum atomic E-state index is -0.591. The number of para-hydroxylation sites is 3. The molecule has 6 nitrogen and oxygen atoms in total. The standard InChI is InChI=1S/C27H25N3O3S/c1-3-19-12-14-20(15-13-19)30(27-28-21-8-4-7-11-24(21)34-27)25(31)16-17-29-22-9-5-6-10-23(22)33-18(2)26(29)32/h4-15,18H,3,16-17H2,1-2H3/t18-/m1/s1. The normalized spacial score (nSPS) is 15.2. The van der Waals surface area contributed by atoms with Crippen LogP contribution in [-0.2, 0) is 16.0 Å². The van der Waals surface area contributed by atoms with Crippen LogP contribution in [0.5, 0.6) is 5.75 Å². The van der Waals surface area contributed by atoms with Crippen LogP contribution in [0, 0.1) is 0 Å². The Kier molecular flexibility index (Phi) is 6.02. The maximum atomic E-state index is 13.6. The number of aromatic nitrogens is 1. The Hall–Kier alpha value is -3.71. The first-order valence-corrected chi connectivity index (χ1v) is 12.2. The van der Waals surface area contributed by atoms with Gasteiger partial charge in [-0.1, -0.05) is 54.7 Å². The van der Waals surface area contributed by atoms with E-state index < -0.39 is 6.10 Å². The first kappa shape index (κ1) is 22.1. The number of fused-ring (bicyclic) bond motifs is 2. The molecule has 1 atom stereocenters. The number of nitrogens with zero attached hydrogens (tertiary/aromatic N) is 3. The molecule has 4 aromatic rings. The van der Waals surface area contributed by atoms with Gasteiger partial charge in [0.2, 0.25) is 5.91 Å². The van der Waals surface area contributed by atoms with Gasteiger partial charge in [0.15, 0.2) is 11.2 Å². The van der Waals surface area contributed by atoms with E-state index in [1.807, 2.05) is 72.8 Å². The SMILES string of the molecule is CCc1ccc(N(C(=O)CCN2C(=O)[C@@H](C)Oc3ccccc32)c2nc3ccccc3s2)cc1. The van der Waals surface area contributed by atoms with Gasteiger partial charge in [0.05, 0.1) is 21.6 Å². The number of benzene rings is 3. The summed E-state index contributed by atoms with van der Waals surface area (Å²) in [5.41, 5.74) is 3.52. The van der Waals surface area contributed by atoms with Crippen LogP contribution in [0.3, 0.4) is 0 Å². The topological polar surface area (TPSA) is 62.7 Å². The molecule has 1 aromatic heterocycles. The number of ether oxygens (including phenoxy) is 1. The fourth-order valence-electron chi connectivity index (χ4n) is 4.11. The summed E-state index contributed by atoms with van der Waals surface area (Å²) in [6, 6.07) is 23.3. The zero-order valence-corrected chi connectivity index (χ0v) is 19.9. The third kappa shape index (κ3) is 4.15. The molecule has 7 heteroatoms. The Morgan fingerprint density at radius 1 is 1.06 bits per heavy atom. The second-order valence-corrected chi connectivity index (χ2v) is 9.19. The van der Waals surface area contributed by atoms with E-state index in [-0.39, 0.29) is 24.8 Å². The number of hydrogen-bond donors (Lipinski definition) is 0. The van der Waals surface area contributed by atoms with E-state index in [1.54, 1.807) is 16.7 Å². The molecule has 34 heavy (non-hydrogen) atoms. The van der Waals surface area contributed by atoms with Crippen molar-refractivity contribution in [2.24, 2.45) is 0 Å². The number of rotatable bonds is 6. The van der Waals surface area contributed by atoms with Crippen LogP contribution in [0.15, 0.2) is 72.8 Å². The molecule has 3 aromatic carbocycles. The van der Waals surface area contributed by atoms with Crippen molar-refractivity contribution in [1.82, 2.24) is 4.98 Å². The van der Waals surface area contributed by atoms with E-state index in [4.69, 9.17) is 9.72 Å². The predicted molar refractivity (Wildman–Crippen MR) is 136 cm³/mol. The van der Waals surface area contributed by atoms with E-state index in [0.717, 1.165) is 22.3 Å². The molecular weight excluding hydrogens is 446 g/mol. The van der Waals surface area contributed by atoms with Gasteiger partial charge in [0, 0.05) is 13.0 Å². The number of aryl methyl sites for hydroxylation is 1. The highest BCUT2D eigenvalue weighted by molar-refractivity contribution is 7.22. The van der Waals surface area contributed by atoms with Gasteiger partial charge < -0.3 is 9.64 Å². The van der Waals surface area contributed by atoms with Gasteiger partial charge in [-0.05, 0) is 55.3 Å². The van der Waals surface area contributed by atoms with Gasteiger partial charge in [-0.25, -0.2) is 4.98 Å². The predicted octanol–water partition coefficient (Wildman–Crippen LogP) is 5.73. The van der Waals surface area contributed by atoms with Crippen LogP contribution in [0.2, 0.25) is 0 Å². The lowest BCUT2D eigenvalue weighted by molar-refractivity contribution is -0.125. The first-order valence-electron chi connectivity index (χ1n) is 11.4. The van der Waals surface area contributed by atoms with Crippen LogP contribution in [0.25, 0.3) is 10.2 Å². The molecule has 2 amide bonds. The fourth-order valence-corrected chi connectivity index (χ4v) is 5.11. The lowest BCUT2D eigenvalue weighted by atomic mass is 10.1. The van der Waals surface area contributed by atoms with Crippen molar-refractivity contribution in [3.05, 3.63) is 78.4 Å². The average molecular weight is 472 g/mol. The number of thiazole rings is 1. The first-order chi connectivity index (χ1) is 16.5. The summed E-state index contributed by atoms with van der Waals surface area (Å²) in [5, 5.41) is 0.623. The quantitative estimate of drug-likeness (QED) is 0.360. The molecule has 0 unspecified atom stereocenters. The summed E-state index contributed by atoms with van der Waals surface area (Å²) in [6.45, 7) is 4.09. The van der Waals surface area contributed by atoms with Crippen LogP contribution in [0.1, 0.15) is 25.8 Å². The van der Waals surface area contributed by atoms with Crippen molar-refractivity contribution in [3.8, 4) is 5.75 Å². The largest absolute Gasteiger partial charge is 0.479 e. The molecule has 1 aliphatic heterocycles. The lowest BCUT2D eigenvalue weighted by Gasteiger charge is -2.33. The van der Waals surface area contributed by atoms with E-state index >= 15 is 0 Å². The number of carbonyl (C=O) groups is 2. The maximum Gasteiger partial charge on any atom is 0.267 e. The zero-order chi connectivity index (χ0) is 23.7. The van der Waals surface area contributed by atoms with Crippen molar-refractivity contribution in [2.45, 2.75) is 32.8 Å². The van der Waals surface area contributed by atoms with Gasteiger partial charge >= 0.3 is 0 Å².